The van der Waals surface area contributed by atoms with Gasteiger partial charge in [0.15, 0.2) is 0 Å². The van der Waals surface area contributed by atoms with Crippen molar-refractivity contribution in [1.82, 2.24) is 16.0 Å². The predicted octanol–water partition coefficient (Wildman–Crippen LogP) is -1.92. The third kappa shape index (κ3) is 8.08. The van der Waals surface area contributed by atoms with Gasteiger partial charge < -0.3 is 21.1 Å². The van der Waals surface area contributed by atoms with E-state index in [0.717, 1.165) is 0 Å². The third-order valence-corrected chi connectivity index (χ3v) is 1.83. The predicted molar refractivity (Wildman–Crippen MR) is 61.5 cm³/mol. The Morgan fingerprint density at radius 1 is 0.889 bits per heavy atom. The van der Waals surface area contributed by atoms with Crippen LogP contribution in [0, 0.1) is 5.92 Å². The molecule has 0 unspecified atom stereocenters. The highest BCUT2D eigenvalue weighted by atomic mass is 16.4. The van der Waals surface area contributed by atoms with Gasteiger partial charge in [-0.05, 0) is 0 Å². The molecule has 3 amide bonds. The maximum absolute atomic E-state index is 11.2. The van der Waals surface area contributed by atoms with Crippen molar-refractivity contribution in [1.29, 1.82) is 0 Å². The average molecular weight is 259 g/mol. The molecule has 0 aromatic heterocycles. The molecule has 0 aliphatic rings. The summed E-state index contributed by atoms with van der Waals surface area (Å²) in [6.45, 7) is 2.32. The lowest BCUT2D eigenvalue weighted by atomic mass is 10.2. The molecule has 0 bridgehead atoms. The first-order chi connectivity index (χ1) is 8.32. The summed E-state index contributed by atoms with van der Waals surface area (Å²) in [5, 5.41) is 15.0. The molecule has 0 fully saturated rings. The number of carboxylic acid groups (broad SMARTS) is 1. The Morgan fingerprint density at radius 2 is 1.33 bits per heavy atom. The minimum atomic E-state index is -1.17. The highest BCUT2D eigenvalue weighted by Gasteiger charge is 2.10. The van der Waals surface area contributed by atoms with E-state index in [1.807, 2.05) is 0 Å². The van der Waals surface area contributed by atoms with Crippen LogP contribution in [0.25, 0.3) is 0 Å². The Morgan fingerprint density at radius 3 is 1.78 bits per heavy atom. The Hall–Kier alpha value is -2.12. The molecule has 0 aliphatic carbocycles. The summed E-state index contributed by atoms with van der Waals surface area (Å²) in [6.07, 6.45) is 0. The molecule has 4 N–H and O–H groups in total. The fraction of sp³-hybridized carbons (Fsp3) is 0.600. The summed E-state index contributed by atoms with van der Waals surface area (Å²) >= 11 is 0. The second-order valence-corrected chi connectivity index (χ2v) is 3.82. The van der Waals surface area contributed by atoms with Crippen LogP contribution in [-0.4, -0.2) is 48.4 Å². The molecule has 0 heterocycles. The van der Waals surface area contributed by atoms with Crippen LogP contribution in [0.3, 0.4) is 0 Å². The summed E-state index contributed by atoms with van der Waals surface area (Å²) in [4.78, 5) is 43.5. The van der Waals surface area contributed by atoms with Crippen LogP contribution < -0.4 is 16.0 Å². The van der Waals surface area contributed by atoms with Gasteiger partial charge in [-0.2, -0.15) is 0 Å². The number of nitrogens with one attached hydrogen (secondary N) is 3. The minimum Gasteiger partial charge on any atom is -0.480 e. The standard InChI is InChI=1S/C10H17N3O5/c1-6(2)10(18)13-4-8(15)11-3-7(14)12-5-9(16)17/h6H,3-5H2,1-2H3,(H,11,15)(H,12,14)(H,13,18)(H,16,17). The van der Waals surface area contributed by atoms with Crippen LogP contribution in [0.4, 0.5) is 0 Å². The van der Waals surface area contributed by atoms with Crippen LogP contribution in [-0.2, 0) is 19.2 Å². The number of hydrogen-bond donors (Lipinski definition) is 4. The summed E-state index contributed by atoms with van der Waals surface area (Å²) in [7, 11) is 0. The number of aliphatic carboxylic acids is 1. The molecule has 18 heavy (non-hydrogen) atoms. The van der Waals surface area contributed by atoms with Crippen LogP contribution >= 0.6 is 0 Å². The van der Waals surface area contributed by atoms with Crippen LogP contribution in [0.2, 0.25) is 0 Å². The van der Waals surface area contributed by atoms with E-state index < -0.39 is 24.3 Å². The fourth-order valence-corrected chi connectivity index (χ4v) is 0.850. The minimum absolute atomic E-state index is 0.219. The van der Waals surface area contributed by atoms with Gasteiger partial charge in [0.05, 0.1) is 13.1 Å². The second-order valence-electron chi connectivity index (χ2n) is 3.82. The molecule has 0 radical (unpaired) electrons. The van der Waals surface area contributed by atoms with E-state index in [2.05, 4.69) is 16.0 Å². The maximum Gasteiger partial charge on any atom is 0.322 e. The van der Waals surface area contributed by atoms with Crippen molar-refractivity contribution in [2.24, 2.45) is 5.92 Å². The second kappa shape index (κ2) is 8.04. The van der Waals surface area contributed by atoms with E-state index in [-0.39, 0.29) is 24.9 Å². The first-order valence-corrected chi connectivity index (χ1v) is 5.35. The number of rotatable bonds is 7. The SMILES string of the molecule is CC(C)C(=O)NCC(=O)NCC(=O)NCC(=O)O. The quantitative estimate of drug-likeness (QED) is 0.424. The maximum atomic E-state index is 11.2. The molecule has 0 saturated heterocycles. The molecule has 0 atom stereocenters. The molecule has 8 nitrogen and oxygen atoms in total. The van der Waals surface area contributed by atoms with Gasteiger partial charge in [0, 0.05) is 5.92 Å². The molecule has 102 valence electrons. The smallest absolute Gasteiger partial charge is 0.322 e. The zero-order valence-corrected chi connectivity index (χ0v) is 10.3. The van der Waals surface area contributed by atoms with Crippen molar-refractivity contribution >= 4 is 23.7 Å². The lowest BCUT2D eigenvalue weighted by Gasteiger charge is -2.08. The first kappa shape index (κ1) is 15.9. The van der Waals surface area contributed by atoms with Crippen molar-refractivity contribution in [2.75, 3.05) is 19.6 Å². The topological polar surface area (TPSA) is 125 Å². The average Bonchev–Trinajstić information content (AvgIpc) is 2.30. The molecule has 0 spiro atoms. The molecule has 0 rings (SSSR count). The van der Waals surface area contributed by atoms with Crippen molar-refractivity contribution < 1.29 is 24.3 Å². The van der Waals surface area contributed by atoms with E-state index in [1.165, 1.54) is 0 Å². The van der Waals surface area contributed by atoms with E-state index >= 15 is 0 Å². The molecule has 0 aromatic rings. The lowest BCUT2D eigenvalue weighted by Crippen LogP contribution is -2.43. The molecular formula is C10H17N3O5. The van der Waals surface area contributed by atoms with Gasteiger partial charge in [0.2, 0.25) is 17.7 Å². The van der Waals surface area contributed by atoms with Crippen molar-refractivity contribution in [3.05, 3.63) is 0 Å². The highest BCUT2D eigenvalue weighted by molar-refractivity contribution is 5.89. The molecule has 8 heteroatoms. The van der Waals surface area contributed by atoms with Crippen LogP contribution in [0.5, 0.6) is 0 Å². The Labute approximate surface area is 104 Å². The van der Waals surface area contributed by atoms with Crippen LogP contribution in [0.15, 0.2) is 0 Å². The lowest BCUT2D eigenvalue weighted by molar-refractivity contribution is -0.137. The van der Waals surface area contributed by atoms with E-state index in [1.54, 1.807) is 13.8 Å². The summed E-state index contributed by atoms with van der Waals surface area (Å²) in [5.41, 5.74) is 0. The van der Waals surface area contributed by atoms with Gasteiger partial charge in [-0.1, -0.05) is 13.8 Å². The zero-order chi connectivity index (χ0) is 14.1. The zero-order valence-electron chi connectivity index (χ0n) is 10.3. The van der Waals surface area contributed by atoms with E-state index in [9.17, 15) is 19.2 Å². The van der Waals surface area contributed by atoms with Gasteiger partial charge in [-0.25, -0.2) is 0 Å². The molecular weight excluding hydrogens is 242 g/mol. The third-order valence-electron chi connectivity index (χ3n) is 1.83. The Bertz CT molecular complexity index is 340. The van der Waals surface area contributed by atoms with Gasteiger partial charge in [0.1, 0.15) is 6.54 Å². The van der Waals surface area contributed by atoms with Crippen molar-refractivity contribution in [2.45, 2.75) is 13.8 Å². The van der Waals surface area contributed by atoms with Crippen molar-refractivity contribution in [3.63, 3.8) is 0 Å². The first-order valence-electron chi connectivity index (χ1n) is 5.35. The number of carboxylic acids is 1. The van der Waals surface area contributed by atoms with E-state index in [0.29, 0.717) is 0 Å². The van der Waals surface area contributed by atoms with E-state index in [4.69, 9.17) is 5.11 Å². The fourth-order valence-electron chi connectivity index (χ4n) is 0.850. The summed E-state index contributed by atoms with van der Waals surface area (Å²) < 4.78 is 0. The number of hydrogen-bond acceptors (Lipinski definition) is 4. The van der Waals surface area contributed by atoms with Crippen molar-refractivity contribution in [3.8, 4) is 0 Å². The van der Waals surface area contributed by atoms with Gasteiger partial charge in [0.25, 0.3) is 0 Å². The van der Waals surface area contributed by atoms with Gasteiger partial charge >= 0.3 is 5.97 Å². The molecule has 0 aromatic carbocycles. The monoisotopic (exact) mass is 259 g/mol. The highest BCUT2D eigenvalue weighted by Crippen LogP contribution is 1.89. The molecule has 0 saturated carbocycles. The number of carbonyl (C=O) groups is 4. The normalized spacial score (nSPS) is 9.72. The largest absolute Gasteiger partial charge is 0.480 e. The number of carbonyl (C=O) groups excluding carboxylic acids is 3. The summed E-state index contributed by atoms with van der Waals surface area (Å²) in [6, 6.07) is 0. The number of amides is 3. The summed E-state index contributed by atoms with van der Waals surface area (Å²) in [5.74, 6) is -2.79. The Balaban J connectivity index is 3.73. The van der Waals surface area contributed by atoms with Crippen LogP contribution in [0.1, 0.15) is 13.8 Å². The molecule has 0 aliphatic heterocycles. The Kier molecular flexibility index (Phi) is 7.10. The van der Waals surface area contributed by atoms with Gasteiger partial charge in [-0.15, -0.1) is 0 Å². The van der Waals surface area contributed by atoms with Gasteiger partial charge in [-0.3, -0.25) is 19.2 Å².